The average Bonchev–Trinajstić information content (AvgIpc) is 2.88. The molecule has 1 aliphatic rings. The number of halogens is 1. The van der Waals surface area contributed by atoms with Crippen molar-refractivity contribution >= 4 is 0 Å². The minimum atomic E-state index is -0.277. The van der Waals surface area contributed by atoms with E-state index in [1.807, 2.05) is 0 Å². The van der Waals surface area contributed by atoms with E-state index in [4.69, 9.17) is 10.3 Å². The third kappa shape index (κ3) is 2.88. The van der Waals surface area contributed by atoms with Crippen LogP contribution in [0.3, 0.4) is 0 Å². The number of rotatable bonds is 3. The number of aromatic nitrogens is 2. The Labute approximate surface area is 117 Å². The van der Waals surface area contributed by atoms with Crippen LogP contribution in [0.5, 0.6) is 0 Å². The van der Waals surface area contributed by atoms with E-state index in [1.54, 1.807) is 12.1 Å². The van der Waals surface area contributed by atoms with E-state index in [0.29, 0.717) is 18.1 Å². The van der Waals surface area contributed by atoms with Gasteiger partial charge >= 0.3 is 0 Å². The Kier molecular flexibility index (Phi) is 3.53. The van der Waals surface area contributed by atoms with Crippen molar-refractivity contribution in [2.75, 3.05) is 0 Å². The fraction of sp³-hybridized carbons (Fsp3) is 0.467. The summed E-state index contributed by atoms with van der Waals surface area (Å²) in [4.78, 5) is 4.37. The van der Waals surface area contributed by atoms with E-state index in [0.717, 1.165) is 31.2 Å². The summed E-state index contributed by atoms with van der Waals surface area (Å²) in [5.74, 6) is 0.772. The minimum Gasteiger partial charge on any atom is -0.339 e. The molecule has 1 saturated carbocycles. The Morgan fingerprint density at radius 3 is 2.55 bits per heavy atom. The minimum absolute atomic E-state index is 0.217. The van der Waals surface area contributed by atoms with Gasteiger partial charge in [0.15, 0.2) is 0 Å². The molecule has 0 amide bonds. The van der Waals surface area contributed by atoms with Gasteiger partial charge < -0.3 is 10.3 Å². The molecule has 0 spiro atoms. The lowest BCUT2D eigenvalue weighted by Gasteiger charge is -2.31. The van der Waals surface area contributed by atoms with Crippen LogP contribution in [0.15, 0.2) is 28.8 Å². The molecule has 1 fully saturated rings. The highest BCUT2D eigenvalue weighted by atomic mass is 19.1. The summed E-state index contributed by atoms with van der Waals surface area (Å²) in [6, 6.07) is 6.05. The van der Waals surface area contributed by atoms with E-state index in [9.17, 15) is 4.39 Å². The van der Waals surface area contributed by atoms with Gasteiger partial charge in [0.1, 0.15) is 5.82 Å². The number of benzene rings is 1. The third-order valence-corrected chi connectivity index (χ3v) is 3.92. The molecule has 2 N–H and O–H groups in total. The zero-order valence-electron chi connectivity index (χ0n) is 11.3. The molecule has 0 unspecified atom stereocenters. The molecule has 1 aromatic heterocycles. The Morgan fingerprint density at radius 1 is 1.15 bits per heavy atom. The van der Waals surface area contributed by atoms with Crippen molar-refractivity contribution in [2.24, 2.45) is 5.73 Å². The first-order chi connectivity index (χ1) is 9.65. The zero-order valence-corrected chi connectivity index (χ0v) is 11.3. The summed E-state index contributed by atoms with van der Waals surface area (Å²) in [5, 5.41) is 3.95. The van der Waals surface area contributed by atoms with Crippen LogP contribution in [0, 0.1) is 5.82 Å². The first-order valence-corrected chi connectivity index (χ1v) is 7.02. The van der Waals surface area contributed by atoms with Crippen molar-refractivity contribution in [3.8, 4) is 11.4 Å². The first-order valence-electron chi connectivity index (χ1n) is 7.02. The zero-order chi connectivity index (χ0) is 14.0. The summed E-state index contributed by atoms with van der Waals surface area (Å²) in [6.07, 6.45) is 6.19. The second-order valence-electron chi connectivity index (χ2n) is 5.62. The first kappa shape index (κ1) is 13.2. The van der Waals surface area contributed by atoms with Crippen molar-refractivity contribution in [1.82, 2.24) is 10.1 Å². The molecule has 106 valence electrons. The van der Waals surface area contributed by atoms with Crippen LogP contribution in [0.1, 0.15) is 38.0 Å². The molecular formula is C15H18FN3O. The molecule has 2 aromatic rings. The Balaban J connectivity index is 1.75. The number of hydrogen-bond acceptors (Lipinski definition) is 4. The van der Waals surface area contributed by atoms with Crippen LogP contribution < -0.4 is 5.73 Å². The maximum absolute atomic E-state index is 12.9. The number of nitrogens with zero attached hydrogens (tertiary/aromatic N) is 2. The molecule has 0 aliphatic heterocycles. The largest absolute Gasteiger partial charge is 0.339 e. The topological polar surface area (TPSA) is 64.9 Å². The van der Waals surface area contributed by atoms with E-state index in [2.05, 4.69) is 10.1 Å². The molecule has 0 saturated heterocycles. The van der Waals surface area contributed by atoms with Gasteiger partial charge in [0.25, 0.3) is 0 Å². The molecule has 0 radical (unpaired) electrons. The Bertz CT molecular complexity index is 573. The van der Waals surface area contributed by atoms with Gasteiger partial charge in [-0.15, -0.1) is 0 Å². The maximum atomic E-state index is 12.9. The van der Waals surface area contributed by atoms with Gasteiger partial charge in [-0.1, -0.05) is 24.4 Å². The molecule has 0 atom stereocenters. The lowest BCUT2D eigenvalue weighted by molar-refractivity contribution is 0.261. The highest BCUT2D eigenvalue weighted by Crippen LogP contribution is 2.29. The van der Waals surface area contributed by atoms with Gasteiger partial charge in [0, 0.05) is 17.5 Å². The van der Waals surface area contributed by atoms with Gasteiger partial charge in [-0.05, 0) is 37.1 Å². The summed E-state index contributed by atoms with van der Waals surface area (Å²) in [6.45, 7) is 0. The van der Waals surface area contributed by atoms with Gasteiger partial charge in [0.05, 0.1) is 0 Å². The van der Waals surface area contributed by atoms with Crippen LogP contribution in [-0.4, -0.2) is 15.7 Å². The van der Waals surface area contributed by atoms with Crippen molar-refractivity contribution in [3.63, 3.8) is 0 Å². The summed E-state index contributed by atoms with van der Waals surface area (Å²) >= 11 is 0. The Morgan fingerprint density at radius 2 is 1.85 bits per heavy atom. The predicted octanol–water partition coefficient (Wildman–Crippen LogP) is 3.08. The molecule has 1 aromatic carbocycles. The van der Waals surface area contributed by atoms with Crippen LogP contribution in [0.4, 0.5) is 4.39 Å². The fourth-order valence-electron chi connectivity index (χ4n) is 2.78. The monoisotopic (exact) mass is 275 g/mol. The lowest BCUT2D eigenvalue weighted by Crippen LogP contribution is -2.43. The summed E-state index contributed by atoms with van der Waals surface area (Å²) < 4.78 is 18.2. The van der Waals surface area contributed by atoms with Crippen LogP contribution in [0.2, 0.25) is 0 Å². The van der Waals surface area contributed by atoms with Gasteiger partial charge in [-0.3, -0.25) is 0 Å². The van der Waals surface area contributed by atoms with E-state index in [1.165, 1.54) is 18.6 Å². The van der Waals surface area contributed by atoms with E-state index < -0.39 is 0 Å². The lowest BCUT2D eigenvalue weighted by atomic mass is 9.80. The summed E-state index contributed by atoms with van der Waals surface area (Å²) in [5.41, 5.74) is 6.91. The van der Waals surface area contributed by atoms with Crippen molar-refractivity contribution in [3.05, 3.63) is 36.0 Å². The van der Waals surface area contributed by atoms with E-state index in [-0.39, 0.29) is 11.4 Å². The highest BCUT2D eigenvalue weighted by Gasteiger charge is 2.30. The van der Waals surface area contributed by atoms with Crippen LogP contribution >= 0.6 is 0 Å². The maximum Gasteiger partial charge on any atom is 0.228 e. The quantitative estimate of drug-likeness (QED) is 0.934. The number of nitrogens with two attached hydrogens (primary N) is 1. The second kappa shape index (κ2) is 5.32. The standard InChI is InChI=1S/C15H18FN3O/c16-12-6-4-11(5-7-12)14-18-13(20-19-14)10-15(17)8-2-1-3-9-15/h4-7H,1-3,8-10,17H2. The normalized spacial score (nSPS) is 18.1. The molecule has 20 heavy (non-hydrogen) atoms. The SMILES string of the molecule is NC1(Cc2nc(-c3ccc(F)cc3)no2)CCCCC1. The van der Waals surface area contributed by atoms with Gasteiger partial charge in [-0.2, -0.15) is 4.98 Å². The molecule has 0 bridgehead atoms. The van der Waals surface area contributed by atoms with Crippen molar-refractivity contribution in [2.45, 2.75) is 44.1 Å². The highest BCUT2D eigenvalue weighted by molar-refractivity contribution is 5.53. The van der Waals surface area contributed by atoms with Crippen molar-refractivity contribution in [1.29, 1.82) is 0 Å². The van der Waals surface area contributed by atoms with Crippen LogP contribution in [0.25, 0.3) is 11.4 Å². The average molecular weight is 275 g/mol. The van der Waals surface area contributed by atoms with Crippen LogP contribution in [-0.2, 0) is 6.42 Å². The fourth-order valence-corrected chi connectivity index (χ4v) is 2.78. The Hall–Kier alpha value is -1.75. The van der Waals surface area contributed by atoms with Gasteiger partial charge in [-0.25, -0.2) is 4.39 Å². The third-order valence-electron chi connectivity index (χ3n) is 3.92. The smallest absolute Gasteiger partial charge is 0.228 e. The molecule has 4 nitrogen and oxygen atoms in total. The molecule has 5 heteroatoms. The van der Waals surface area contributed by atoms with Gasteiger partial charge in [0.2, 0.25) is 11.7 Å². The van der Waals surface area contributed by atoms with E-state index >= 15 is 0 Å². The molecule has 3 rings (SSSR count). The summed E-state index contributed by atoms with van der Waals surface area (Å²) in [7, 11) is 0. The molecule has 1 heterocycles. The van der Waals surface area contributed by atoms with Crippen molar-refractivity contribution < 1.29 is 8.91 Å². The molecule has 1 aliphatic carbocycles. The predicted molar refractivity (Wildman–Crippen MR) is 73.4 cm³/mol. The number of hydrogen-bond donors (Lipinski definition) is 1. The molecular weight excluding hydrogens is 257 g/mol. The second-order valence-corrected chi connectivity index (χ2v) is 5.62.